The lowest BCUT2D eigenvalue weighted by Crippen LogP contribution is -2.20. The molecule has 0 atom stereocenters. The predicted molar refractivity (Wildman–Crippen MR) is 171 cm³/mol. The quantitative estimate of drug-likeness (QED) is 0.197. The molecular formula is C35H56N2O4. The molecule has 6 nitrogen and oxygen atoms in total. The van der Waals surface area contributed by atoms with Crippen LogP contribution < -0.4 is 15.2 Å². The van der Waals surface area contributed by atoms with E-state index in [1.807, 2.05) is 13.8 Å². The molecule has 0 spiro atoms. The molecule has 230 valence electrons. The number of ketones is 1. The van der Waals surface area contributed by atoms with Crippen molar-refractivity contribution in [3.05, 3.63) is 59.2 Å². The van der Waals surface area contributed by atoms with Crippen LogP contribution in [0.25, 0.3) is 0 Å². The number of benzene rings is 2. The minimum absolute atomic E-state index is 0.122. The Bertz CT molecular complexity index is 980. The van der Waals surface area contributed by atoms with Crippen molar-refractivity contribution in [1.82, 2.24) is 4.90 Å². The molecule has 2 aliphatic rings. The SMILES string of the molecule is CC.CC1CC1.COc1cc(CCCN2CCCC2)ccc1C.COc1ccc(C(=O)CCCCCC(N)=O)cc1. The number of methoxy groups -OCH3 is 2. The van der Waals surface area contributed by atoms with Crippen LogP contribution in [-0.2, 0) is 11.2 Å². The monoisotopic (exact) mass is 568 g/mol. The standard InChI is InChI=1S/C15H23NO.C14H19NO3.C4H8.C2H6/c1-13-7-8-14(12-15(13)17-2)6-5-11-16-9-3-4-10-16;1-18-12-9-7-11(8-10-12)13(16)5-3-2-4-6-14(15)17;1-4-2-3-4;1-2/h7-8,12H,3-6,9-11H2,1-2H3;7-10H,2-6H2,1H3,(H2,15,17);4H,2-3H2,1H3;1-2H3. The first kappa shape index (κ1) is 36.2. The number of primary amides is 1. The highest BCUT2D eigenvalue weighted by Crippen LogP contribution is 2.26. The molecule has 2 aromatic rings. The highest BCUT2D eigenvalue weighted by Gasteiger charge is 2.13. The van der Waals surface area contributed by atoms with Crippen LogP contribution in [0.3, 0.4) is 0 Å². The van der Waals surface area contributed by atoms with E-state index < -0.39 is 0 Å². The van der Waals surface area contributed by atoms with Gasteiger partial charge < -0.3 is 20.1 Å². The van der Waals surface area contributed by atoms with Gasteiger partial charge in [0.25, 0.3) is 0 Å². The van der Waals surface area contributed by atoms with Gasteiger partial charge in [-0.05, 0) is 112 Å². The van der Waals surface area contributed by atoms with Crippen molar-refractivity contribution in [2.24, 2.45) is 11.7 Å². The third-order valence-corrected chi connectivity index (χ3v) is 7.22. The number of Topliss-reactive ketones (excluding diaryl/α,β-unsaturated/α-hetero) is 1. The van der Waals surface area contributed by atoms with Crippen LogP contribution in [-0.4, -0.2) is 50.4 Å². The molecule has 41 heavy (non-hydrogen) atoms. The fourth-order valence-electron chi connectivity index (χ4n) is 4.38. The van der Waals surface area contributed by atoms with Gasteiger partial charge >= 0.3 is 0 Å². The average Bonchev–Trinajstić information content (AvgIpc) is 3.60. The Morgan fingerprint density at radius 2 is 1.49 bits per heavy atom. The Kier molecular flexibility index (Phi) is 19.3. The van der Waals surface area contributed by atoms with Crippen molar-refractivity contribution >= 4 is 11.7 Å². The molecule has 2 aromatic carbocycles. The summed E-state index contributed by atoms with van der Waals surface area (Å²) in [6.07, 6.45) is 11.5. The molecule has 0 unspecified atom stereocenters. The van der Waals surface area contributed by atoms with E-state index in [4.69, 9.17) is 15.2 Å². The zero-order valence-electron chi connectivity index (χ0n) is 26.7. The topological polar surface area (TPSA) is 81.9 Å². The number of aryl methyl sites for hydroxylation is 2. The van der Waals surface area contributed by atoms with Crippen molar-refractivity contribution < 1.29 is 19.1 Å². The van der Waals surface area contributed by atoms with Crippen LogP contribution in [0.15, 0.2) is 42.5 Å². The zero-order chi connectivity index (χ0) is 30.5. The number of nitrogens with two attached hydrogens (primary N) is 1. The summed E-state index contributed by atoms with van der Waals surface area (Å²) >= 11 is 0. The van der Waals surface area contributed by atoms with Crippen molar-refractivity contribution in [1.29, 1.82) is 0 Å². The molecule has 1 aliphatic heterocycles. The summed E-state index contributed by atoms with van der Waals surface area (Å²) in [5.41, 5.74) is 8.35. The molecule has 1 amide bonds. The molecule has 1 saturated heterocycles. The van der Waals surface area contributed by atoms with E-state index in [1.165, 1.54) is 62.9 Å². The highest BCUT2D eigenvalue weighted by atomic mass is 16.5. The summed E-state index contributed by atoms with van der Waals surface area (Å²) in [4.78, 5) is 24.9. The van der Waals surface area contributed by atoms with Gasteiger partial charge in [0, 0.05) is 18.4 Å². The molecule has 6 heteroatoms. The van der Waals surface area contributed by atoms with Crippen molar-refractivity contribution in [2.45, 2.75) is 98.3 Å². The highest BCUT2D eigenvalue weighted by molar-refractivity contribution is 5.96. The minimum atomic E-state index is -0.281. The molecule has 0 aromatic heterocycles. The summed E-state index contributed by atoms with van der Waals surface area (Å²) < 4.78 is 10.4. The third kappa shape index (κ3) is 16.9. The number of rotatable bonds is 13. The van der Waals surface area contributed by atoms with Gasteiger partial charge in [-0.15, -0.1) is 0 Å². The van der Waals surface area contributed by atoms with Gasteiger partial charge in [-0.25, -0.2) is 0 Å². The average molecular weight is 569 g/mol. The van der Waals surface area contributed by atoms with E-state index in [9.17, 15) is 9.59 Å². The number of ether oxygens (including phenoxy) is 2. The van der Waals surface area contributed by atoms with E-state index >= 15 is 0 Å². The second-order valence-corrected chi connectivity index (χ2v) is 10.8. The van der Waals surface area contributed by atoms with Crippen LogP contribution in [0.4, 0.5) is 0 Å². The number of likely N-dealkylation sites (tertiary alicyclic amines) is 1. The van der Waals surface area contributed by atoms with Crippen LogP contribution in [0, 0.1) is 12.8 Å². The molecule has 1 saturated carbocycles. The van der Waals surface area contributed by atoms with E-state index in [0.29, 0.717) is 18.4 Å². The maximum Gasteiger partial charge on any atom is 0.217 e. The predicted octanol–water partition coefficient (Wildman–Crippen LogP) is 7.79. The maximum atomic E-state index is 11.8. The first-order valence-electron chi connectivity index (χ1n) is 15.6. The Morgan fingerprint density at radius 3 is 2.02 bits per heavy atom. The number of hydrogen-bond acceptors (Lipinski definition) is 5. The second kappa shape index (κ2) is 21.8. The summed E-state index contributed by atoms with van der Waals surface area (Å²) in [5, 5.41) is 0. The lowest BCUT2D eigenvalue weighted by Gasteiger charge is -2.14. The number of hydrogen-bond donors (Lipinski definition) is 1. The Hall–Kier alpha value is -2.86. The van der Waals surface area contributed by atoms with Crippen LogP contribution >= 0.6 is 0 Å². The summed E-state index contributed by atoms with van der Waals surface area (Å²) in [5.74, 6) is 2.69. The summed E-state index contributed by atoms with van der Waals surface area (Å²) in [7, 11) is 3.34. The zero-order valence-corrected chi connectivity index (χ0v) is 26.7. The van der Waals surface area contributed by atoms with E-state index in [0.717, 1.165) is 43.1 Å². The van der Waals surface area contributed by atoms with Gasteiger partial charge in [0.2, 0.25) is 5.91 Å². The van der Waals surface area contributed by atoms with Crippen LogP contribution in [0.1, 0.15) is 106 Å². The molecule has 0 radical (unpaired) electrons. The Morgan fingerprint density at radius 1 is 0.878 bits per heavy atom. The number of nitrogens with zero attached hydrogens (tertiary/aromatic N) is 1. The Balaban J connectivity index is 0.000000342. The first-order valence-corrected chi connectivity index (χ1v) is 15.6. The normalized spacial score (nSPS) is 13.9. The van der Waals surface area contributed by atoms with Gasteiger partial charge in [-0.1, -0.05) is 52.2 Å². The molecule has 1 aliphatic carbocycles. The molecule has 4 rings (SSSR count). The number of unbranched alkanes of at least 4 members (excludes halogenated alkanes) is 2. The van der Waals surface area contributed by atoms with E-state index in [1.54, 1.807) is 38.5 Å². The summed E-state index contributed by atoms with van der Waals surface area (Å²) in [6, 6.07) is 13.7. The molecule has 1 heterocycles. The third-order valence-electron chi connectivity index (χ3n) is 7.22. The lowest BCUT2D eigenvalue weighted by atomic mass is 10.0. The molecule has 0 bridgehead atoms. The van der Waals surface area contributed by atoms with E-state index in [-0.39, 0.29) is 11.7 Å². The molecule has 2 fully saturated rings. The minimum Gasteiger partial charge on any atom is -0.497 e. The van der Waals surface area contributed by atoms with Crippen LogP contribution in [0.2, 0.25) is 0 Å². The number of amides is 1. The van der Waals surface area contributed by atoms with Crippen molar-refractivity contribution in [2.75, 3.05) is 33.9 Å². The van der Waals surface area contributed by atoms with Gasteiger partial charge in [0.1, 0.15) is 11.5 Å². The number of carbonyl (C=O) groups is 2. The molecule has 2 N–H and O–H groups in total. The first-order chi connectivity index (χ1) is 19.8. The lowest BCUT2D eigenvalue weighted by molar-refractivity contribution is -0.118. The fraction of sp³-hybridized carbons (Fsp3) is 0.600. The van der Waals surface area contributed by atoms with Crippen molar-refractivity contribution in [3.8, 4) is 11.5 Å². The van der Waals surface area contributed by atoms with Crippen molar-refractivity contribution in [3.63, 3.8) is 0 Å². The van der Waals surface area contributed by atoms with Gasteiger partial charge in [-0.2, -0.15) is 0 Å². The van der Waals surface area contributed by atoms with Gasteiger partial charge in [-0.3, -0.25) is 9.59 Å². The fourth-order valence-corrected chi connectivity index (χ4v) is 4.38. The smallest absolute Gasteiger partial charge is 0.217 e. The molecular weight excluding hydrogens is 512 g/mol. The maximum absolute atomic E-state index is 11.8. The van der Waals surface area contributed by atoms with Gasteiger partial charge in [0.05, 0.1) is 14.2 Å². The van der Waals surface area contributed by atoms with Gasteiger partial charge in [0.15, 0.2) is 5.78 Å². The van der Waals surface area contributed by atoms with Crippen LogP contribution in [0.5, 0.6) is 11.5 Å². The Labute approximate surface area is 250 Å². The largest absolute Gasteiger partial charge is 0.497 e. The van der Waals surface area contributed by atoms with E-state index in [2.05, 4.69) is 36.9 Å². The summed E-state index contributed by atoms with van der Waals surface area (Å²) in [6.45, 7) is 12.2. The second-order valence-electron chi connectivity index (χ2n) is 10.8. The number of carbonyl (C=O) groups excluding carboxylic acids is 2.